The first-order valence-corrected chi connectivity index (χ1v) is 7.56. The van der Waals surface area contributed by atoms with Gasteiger partial charge in [-0.1, -0.05) is 5.92 Å². The van der Waals surface area contributed by atoms with Gasteiger partial charge in [-0.15, -0.1) is 6.42 Å². The smallest absolute Gasteiger partial charge is 0.308 e. The van der Waals surface area contributed by atoms with E-state index in [-0.39, 0.29) is 11.9 Å². The number of carbonyl (C=O) groups excluding carboxylic acids is 1. The van der Waals surface area contributed by atoms with E-state index < -0.39 is 0 Å². The predicted molar refractivity (Wildman–Crippen MR) is 82.7 cm³/mol. The quantitative estimate of drug-likeness (QED) is 0.668. The molecule has 112 valence electrons. The number of hydrogen-bond acceptors (Lipinski definition) is 4. The molecule has 0 aliphatic heterocycles. The molecular formula is C17H22N2O2. The van der Waals surface area contributed by atoms with E-state index in [1.807, 2.05) is 19.1 Å². The number of nitrogens with one attached hydrogen (secondary N) is 1. The molecule has 1 aromatic rings. The van der Waals surface area contributed by atoms with Gasteiger partial charge in [0, 0.05) is 18.3 Å². The Morgan fingerprint density at radius 1 is 1.43 bits per heavy atom. The van der Waals surface area contributed by atoms with Crippen LogP contribution >= 0.6 is 0 Å². The summed E-state index contributed by atoms with van der Waals surface area (Å²) in [4.78, 5) is 16.0. The molecule has 0 bridgehead atoms. The molecule has 0 unspecified atom stereocenters. The summed E-state index contributed by atoms with van der Waals surface area (Å²) >= 11 is 0. The number of carbonyl (C=O) groups is 1. The van der Waals surface area contributed by atoms with Gasteiger partial charge in [0.15, 0.2) is 0 Å². The third-order valence-electron chi connectivity index (χ3n) is 3.97. The summed E-state index contributed by atoms with van der Waals surface area (Å²) < 4.78 is 5.09. The molecule has 1 heterocycles. The third kappa shape index (κ3) is 4.49. The summed E-state index contributed by atoms with van der Waals surface area (Å²) in [7, 11) is 0. The van der Waals surface area contributed by atoms with Crippen LogP contribution in [0.2, 0.25) is 0 Å². The first kappa shape index (κ1) is 15.4. The standard InChI is InChI=1S/C17H22N2O2/c1-3-13-7-10-16(18-11-13)19-12-14-5-8-15(9-6-14)17(20)21-4-2/h1,7,10-11,14-15H,4-6,8-9,12H2,2H3,(H,18,19). The molecule has 1 aliphatic rings. The average molecular weight is 286 g/mol. The summed E-state index contributed by atoms with van der Waals surface area (Å²) in [6.45, 7) is 3.21. The Hall–Kier alpha value is -2.02. The maximum atomic E-state index is 11.7. The Labute approximate surface area is 126 Å². The molecule has 1 aliphatic carbocycles. The van der Waals surface area contributed by atoms with E-state index >= 15 is 0 Å². The van der Waals surface area contributed by atoms with Gasteiger partial charge in [-0.3, -0.25) is 4.79 Å². The van der Waals surface area contributed by atoms with Crippen molar-refractivity contribution in [2.24, 2.45) is 11.8 Å². The van der Waals surface area contributed by atoms with Crippen LogP contribution in [-0.4, -0.2) is 24.1 Å². The molecule has 0 atom stereocenters. The summed E-state index contributed by atoms with van der Waals surface area (Å²) in [6, 6.07) is 3.78. The number of hydrogen-bond donors (Lipinski definition) is 1. The van der Waals surface area contributed by atoms with Gasteiger partial charge in [0.05, 0.1) is 12.5 Å². The molecule has 1 N–H and O–H groups in total. The Morgan fingerprint density at radius 3 is 2.76 bits per heavy atom. The first-order valence-electron chi connectivity index (χ1n) is 7.56. The van der Waals surface area contributed by atoms with Crippen LogP contribution in [0.4, 0.5) is 5.82 Å². The predicted octanol–water partition coefficient (Wildman–Crippen LogP) is 2.84. The lowest BCUT2D eigenvalue weighted by atomic mass is 9.82. The van der Waals surface area contributed by atoms with Crippen molar-refractivity contribution in [3.63, 3.8) is 0 Å². The van der Waals surface area contributed by atoms with Crippen LogP contribution < -0.4 is 5.32 Å². The minimum atomic E-state index is -0.0320. The maximum absolute atomic E-state index is 11.7. The van der Waals surface area contributed by atoms with Gasteiger partial charge < -0.3 is 10.1 Å². The minimum Gasteiger partial charge on any atom is -0.466 e. The van der Waals surface area contributed by atoms with Crippen LogP contribution in [0.25, 0.3) is 0 Å². The summed E-state index contributed by atoms with van der Waals surface area (Å²) in [5, 5.41) is 3.34. The molecule has 0 aromatic carbocycles. The Kier molecular flexibility index (Phi) is 5.62. The van der Waals surface area contributed by atoms with Crippen molar-refractivity contribution in [2.75, 3.05) is 18.5 Å². The monoisotopic (exact) mass is 286 g/mol. The normalized spacial score (nSPS) is 21.3. The third-order valence-corrected chi connectivity index (χ3v) is 3.97. The van der Waals surface area contributed by atoms with Crippen molar-refractivity contribution in [3.05, 3.63) is 23.9 Å². The largest absolute Gasteiger partial charge is 0.466 e. The SMILES string of the molecule is C#Cc1ccc(NCC2CCC(C(=O)OCC)CC2)nc1. The molecule has 1 aromatic heterocycles. The molecule has 4 heteroatoms. The van der Waals surface area contributed by atoms with E-state index in [2.05, 4.69) is 16.2 Å². The van der Waals surface area contributed by atoms with Crippen LogP contribution in [0.15, 0.2) is 18.3 Å². The van der Waals surface area contributed by atoms with Crippen LogP contribution in [-0.2, 0) is 9.53 Å². The number of ether oxygens (including phenoxy) is 1. The highest BCUT2D eigenvalue weighted by molar-refractivity contribution is 5.72. The Morgan fingerprint density at radius 2 is 2.19 bits per heavy atom. The number of rotatable bonds is 5. The van der Waals surface area contributed by atoms with Crippen molar-refractivity contribution in [3.8, 4) is 12.3 Å². The van der Waals surface area contributed by atoms with Crippen molar-refractivity contribution in [1.82, 2.24) is 4.98 Å². The van der Waals surface area contributed by atoms with E-state index in [1.54, 1.807) is 6.20 Å². The van der Waals surface area contributed by atoms with Crippen LogP contribution in [0.5, 0.6) is 0 Å². The number of anilines is 1. The molecule has 2 rings (SSSR count). The van der Waals surface area contributed by atoms with Gasteiger partial charge in [0.1, 0.15) is 5.82 Å². The average Bonchev–Trinajstić information content (AvgIpc) is 2.54. The number of pyridine rings is 1. The van der Waals surface area contributed by atoms with Gasteiger partial charge in [-0.05, 0) is 50.7 Å². The number of esters is 1. The second kappa shape index (κ2) is 7.68. The van der Waals surface area contributed by atoms with E-state index in [4.69, 9.17) is 11.2 Å². The van der Waals surface area contributed by atoms with Gasteiger partial charge in [-0.2, -0.15) is 0 Å². The second-order valence-corrected chi connectivity index (χ2v) is 5.43. The number of terminal acetylenes is 1. The molecule has 0 amide bonds. The molecular weight excluding hydrogens is 264 g/mol. The van der Waals surface area contributed by atoms with Gasteiger partial charge in [0.2, 0.25) is 0 Å². The van der Waals surface area contributed by atoms with Crippen molar-refractivity contribution in [2.45, 2.75) is 32.6 Å². The summed E-state index contributed by atoms with van der Waals surface area (Å²) in [5.41, 5.74) is 0.787. The van der Waals surface area contributed by atoms with E-state index in [0.29, 0.717) is 12.5 Å². The number of aromatic nitrogens is 1. The lowest BCUT2D eigenvalue weighted by Gasteiger charge is -2.27. The molecule has 0 radical (unpaired) electrons. The topological polar surface area (TPSA) is 51.2 Å². The molecule has 0 saturated heterocycles. The fourth-order valence-corrected chi connectivity index (χ4v) is 2.70. The molecule has 0 spiro atoms. The van der Waals surface area contributed by atoms with Crippen LogP contribution in [0.1, 0.15) is 38.2 Å². The van der Waals surface area contributed by atoms with Crippen molar-refractivity contribution in [1.29, 1.82) is 0 Å². The molecule has 21 heavy (non-hydrogen) atoms. The van der Waals surface area contributed by atoms with E-state index in [1.165, 1.54) is 0 Å². The lowest BCUT2D eigenvalue weighted by Crippen LogP contribution is -2.26. The van der Waals surface area contributed by atoms with Crippen molar-refractivity contribution >= 4 is 11.8 Å². The molecule has 1 fully saturated rings. The zero-order valence-electron chi connectivity index (χ0n) is 12.5. The zero-order chi connectivity index (χ0) is 15.1. The van der Waals surface area contributed by atoms with Gasteiger partial charge in [0.25, 0.3) is 0 Å². The second-order valence-electron chi connectivity index (χ2n) is 5.43. The molecule has 4 nitrogen and oxygen atoms in total. The van der Waals surface area contributed by atoms with Crippen molar-refractivity contribution < 1.29 is 9.53 Å². The maximum Gasteiger partial charge on any atom is 0.308 e. The van der Waals surface area contributed by atoms with E-state index in [0.717, 1.165) is 43.6 Å². The zero-order valence-corrected chi connectivity index (χ0v) is 12.5. The van der Waals surface area contributed by atoms with Gasteiger partial charge in [-0.25, -0.2) is 4.98 Å². The Bertz CT molecular complexity index is 497. The summed E-state index contributed by atoms with van der Waals surface area (Å²) in [6.07, 6.45) is 11.0. The van der Waals surface area contributed by atoms with Crippen LogP contribution in [0.3, 0.4) is 0 Å². The van der Waals surface area contributed by atoms with Gasteiger partial charge >= 0.3 is 5.97 Å². The fourth-order valence-electron chi connectivity index (χ4n) is 2.70. The first-order chi connectivity index (χ1) is 10.2. The lowest BCUT2D eigenvalue weighted by molar-refractivity contribution is -0.149. The minimum absolute atomic E-state index is 0.0320. The highest BCUT2D eigenvalue weighted by Crippen LogP contribution is 2.29. The highest BCUT2D eigenvalue weighted by Gasteiger charge is 2.26. The fraction of sp³-hybridized carbons (Fsp3) is 0.529. The highest BCUT2D eigenvalue weighted by atomic mass is 16.5. The van der Waals surface area contributed by atoms with E-state index in [9.17, 15) is 4.79 Å². The van der Waals surface area contributed by atoms with Crippen LogP contribution in [0, 0.1) is 24.2 Å². The molecule has 1 saturated carbocycles. The number of nitrogens with zero attached hydrogens (tertiary/aromatic N) is 1. The Balaban J connectivity index is 1.73. The summed E-state index contributed by atoms with van der Waals surface area (Å²) in [5.74, 6) is 4.05.